The van der Waals surface area contributed by atoms with Crippen molar-refractivity contribution in [3.05, 3.63) is 84.9 Å². The molecule has 0 saturated heterocycles. The number of ether oxygens (including phenoxy) is 1. The lowest BCUT2D eigenvalue weighted by atomic mass is 10.1. The lowest BCUT2D eigenvalue weighted by Crippen LogP contribution is -2.46. The quantitative estimate of drug-likeness (QED) is 0.343. The van der Waals surface area contributed by atoms with Crippen molar-refractivity contribution in [1.82, 2.24) is 5.32 Å². The summed E-state index contributed by atoms with van der Waals surface area (Å²) in [6, 6.07) is 24.3. The van der Waals surface area contributed by atoms with E-state index in [1.54, 1.807) is 20.8 Å². The van der Waals surface area contributed by atoms with Gasteiger partial charge in [0.25, 0.3) is 0 Å². The van der Waals surface area contributed by atoms with E-state index >= 15 is 0 Å². The molecule has 180 valence electrons. The number of carbonyl (C=O) groups is 2. The van der Waals surface area contributed by atoms with E-state index in [0.717, 1.165) is 32.2 Å². The first-order valence-electron chi connectivity index (χ1n) is 11.4. The van der Waals surface area contributed by atoms with Crippen LogP contribution in [0.2, 0.25) is 0 Å². The molecule has 0 aliphatic rings. The second kappa shape index (κ2) is 9.80. The van der Waals surface area contributed by atoms with Crippen LogP contribution in [-0.2, 0) is 21.3 Å². The maximum atomic E-state index is 12.5. The molecule has 0 radical (unpaired) electrons. The Hall–Kier alpha value is -3.21. The van der Waals surface area contributed by atoms with Crippen LogP contribution in [0.25, 0.3) is 21.5 Å². The summed E-state index contributed by atoms with van der Waals surface area (Å²) in [5.74, 6) is -1.15. The smallest absolute Gasteiger partial charge is 0.408 e. The molecule has 4 aromatic rings. The Kier molecular flexibility index (Phi) is 6.98. The van der Waals surface area contributed by atoms with Gasteiger partial charge in [-0.05, 0) is 65.1 Å². The van der Waals surface area contributed by atoms with Crippen LogP contribution in [0.5, 0.6) is 0 Å². The molecule has 2 N–H and O–H groups in total. The molecule has 0 bridgehead atoms. The van der Waals surface area contributed by atoms with Crippen LogP contribution in [0.4, 0.5) is 4.79 Å². The van der Waals surface area contributed by atoms with Crippen molar-refractivity contribution < 1.29 is 19.4 Å². The van der Waals surface area contributed by atoms with Gasteiger partial charge in [0.2, 0.25) is 0 Å². The molecular formula is C28H28NO4PS. The van der Waals surface area contributed by atoms with E-state index in [4.69, 9.17) is 16.5 Å². The number of benzene rings is 4. The number of amides is 1. The Morgan fingerprint density at radius 3 is 1.74 bits per heavy atom. The van der Waals surface area contributed by atoms with E-state index in [1.165, 1.54) is 0 Å². The predicted molar refractivity (Wildman–Crippen MR) is 147 cm³/mol. The predicted octanol–water partition coefficient (Wildman–Crippen LogP) is 5.40. The number of fused-ring (bicyclic) bond motifs is 2. The van der Waals surface area contributed by atoms with Gasteiger partial charge in [-0.2, -0.15) is 0 Å². The summed E-state index contributed by atoms with van der Waals surface area (Å²) in [4.78, 5) is 24.7. The minimum Gasteiger partial charge on any atom is -0.480 e. The average Bonchev–Trinajstić information content (AvgIpc) is 2.81. The summed E-state index contributed by atoms with van der Waals surface area (Å²) in [7, 11) is 0. The van der Waals surface area contributed by atoms with Crippen LogP contribution in [0.15, 0.2) is 84.9 Å². The second-order valence-corrected chi connectivity index (χ2v) is 14.3. The number of hydrogen-bond acceptors (Lipinski definition) is 4. The van der Waals surface area contributed by atoms with Crippen molar-refractivity contribution in [2.45, 2.75) is 32.4 Å². The average molecular weight is 506 g/mol. The molecule has 0 unspecified atom stereocenters. The summed E-state index contributed by atoms with van der Waals surface area (Å²) in [6.45, 7) is 5.20. The maximum absolute atomic E-state index is 12.5. The third kappa shape index (κ3) is 5.72. The van der Waals surface area contributed by atoms with Crippen molar-refractivity contribution >= 4 is 62.1 Å². The zero-order chi connectivity index (χ0) is 25.2. The van der Waals surface area contributed by atoms with Gasteiger partial charge in [-0.15, -0.1) is 0 Å². The molecule has 5 nitrogen and oxygen atoms in total. The lowest BCUT2D eigenvalue weighted by molar-refractivity contribution is -0.138. The van der Waals surface area contributed by atoms with Gasteiger partial charge >= 0.3 is 12.1 Å². The number of carboxylic acids is 1. The van der Waals surface area contributed by atoms with Gasteiger partial charge in [-0.1, -0.05) is 84.6 Å². The van der Waals surface area contributed by atoms with Gasteiger partial charge in [0.1, 0.15) is 11.6 Å². The summed E-state index contributed by atoms with van der Waals surface area (Å²) in [5, 5.41) is 18.6. The standard InChI is InChI=1S/C28H28NO4PS/c1-28(2,3)33-27(32)29-25(26(30)31)18-34(35,23-14-12-19-8-4-6-10-21(19)16-23)24-15-13-20-9-5-7-11-22(20)17-24/h4-17,25H,18H2,1-3H3,(H,29,32)(H,30,31)/t25-/m0/s1. The number of nitrogens with one attached hydrogen (secondary N) is 1. The highest BCUT2D eigenvalue weighted by Gasteiger charge is 2.33. The summed E-state index contributed by atoms with van der Waals surface area (Å²) < 4.78 is 5.32. The molecule has 0 fully saturated rings. The normalized spacial score (nSPS) is 12.9. The van der Waals surface area contributed by atoms with E-state index < -0.39 is 29.7 Å². The first-order valence-corrected chi connectivity index (χ1v) is 14.3. The van der Waals surface area contributed by atoms with Crippen molar-refractivity contribution in [2.24, 2.45) is 0 Å². The Balaban J connectivity index is 1.81. The number of carbonyl (C=O) groups excluding carboxylic acids is 1. The highest BCUT2D eigenvalue weighted by atomic mass is 32.4. The topological polar surface area (TPSA) is 75.6 Å². The van der Waals surface area contributed by atoms with E-state index in [2.05, 4.69) is 17.4 Å². The van der Waals surface area contributed by atoms with Crippen molar-refractivity contribution in [2.75, 3.05) is 6.16 Å². The molecule has 0 aliphatic carbocycles. The maximum Gasteiger partial charge on any atom is 0.408 e. The summed E-state index contributed by atoms with van der Waals surface area (Å²) in [6.07, 6.45) is -0.698. The molecule has 0 heterocycles. The molecule has 4 rings (SSSR count). The van der Waals surface area contributed by atoms with Crippen LogP contribution in [0, 0.1) is 0 Å². The molecular weight excluding hydrogens is 477 g/mol. The Labute approximate surface area is 210 Å². The third-order valence-corrected chi connectivity index (χ3v) is 10.5. The molecule has 0 saturated carbocycles. The minimum atomic E-state index is -2.67. The molecule has 4 aromatic carbocycles. The van der Waals surface area contributed by atoms with Crippen molar-refractivity contribution in [3.8, 4) is 0 Å². The zero-order valence-electron chi connectivity index (χ0n) is 19.9. The van der Waals surface area contributed by atoms with E-state index in [9.17, 15) is 14.7 Å². The Morgan fingerprint density at radius 1 is 0.857 bits per heavy atom. The van der Waals surface area contributed by atoms with Crippen molar-refractivity contribution in [1.29, 1.82) is 0 Å². The number of alkyl carbamates (subject to hydrolysis) is 1. The van der Waals surface area contributed by atoms with Gasteiger partial charge in [-0.3, -0.25) is 0 Å². The molecule has 0 spiro atoms. The number of aliphatic carboxylic acids is 1. The van der Waals surface area contributed by atoms with Crippen LogP contribution in [0.1, 0.15) is 20.8 Å². The largest absolute Gasteiger partial charge is 0.480 e. The van der Waals surface area contributed by atoms with Gasteiger partial charge < -0.3 is 15.2 Å². The molecule has 1 amide bonds. The Morgan fingerprint density at radius 2 is 1.31 bits per heavy atom. The van der Waals surface area contributed by atoms with E-state index in [0.29, 0.717) is 0 Å². The molecule has 1 atom stereocenters. The van der Waals surface area contributed by atoms with Crippen LogP contribution in [-0.4, -0.2) is 35.0 Å². The lowest BCUT2D eigenvalue weighted by Gasteiger charge is -2.28. The van der Waals surface area contributed by atoms with Gasteiger partial charge in [-0.25, -0.2) is 9.59 Å². The summed E-state index contributed by atoms with van der Waals surface area (Å²) >= 11 is 6.37. The Bertz CT molecular complexity index is 1380. The first kappa shape index (κ1) is 24.9. The fraction of sp³-hybridized carbons (Fsp3) is 0.214. The number of carboxylic acid groups (broad SMARTS) is 1. The molecule has 35 heavy (non-hydrogen) atoms. The van der Waals surface area contributed by atoms with Gasteiger partial charge in [0, 0.05) is 12.2 Å². The van der Waals surface area contributed by atoms with Gasteiger partial charge in [0.05, 0.1) is 0 Å². The number of rotatable bonds is 6. The highest BCUT2D eigenvalue weighted by molar-refractivity contribution is 8.22. The zero-order valence-corrected chi connectivity index (χ0v) is 21.6. The van der Waals surface area contributed by atoms with E-state index in [-0.39, 0.29) is 6.16 Å². The minimum absolute atomic E-state index is 0.0770. The monoisotopic (exact) mass is 505 g/mol. The summed E-state index contributed by atoms with van der Waals surface area (Å²) in [5.41, 5.74) is -0.746. The van der Waals surface area contributed by atoms with Gasteiger partial charge in [0.15, 0.2) is 0 Å². The van der Waals surface area contributed by atoms with Crippen LogP contribution >= 0.6 is 6.04 Å². The number of hydrogen-bond donors (Lipinski definition) is 2. The molecule has 0 aromatic heterocycles. The second-order valence-electron chi connectivity index (χ2n) is 9.52. The van der Waals surface area contributed by atoms with E-state index in [1.807, 2.05) is 72.8 Å². The van der Waals surface area contributed by atoms with Crippen molar-refractivity contribution in [3.63, 3.8) is 0 Å². The van der Waals surface area contributed by atoms with Crippen LogP contribution < -0.4 is 15.9 Å². The highest BCUT2D eigenvalue weighted by Crippen LogP contribution is 2.45. The molecule has 0 aliphatic heterocycles. The van der Waals surface area contributed by atoms with Crippen LogP contribution in [0.3, 0.4) is 0 Å². The SMILES string of the molecule is CC(C)(C)OC(=O)N[C@@H](CP(=S)(c1ccc2ccccc2c1)c1ccc2ccccc2c1)C(=O)O. The third-order valence-electron chi connectivity index (χ3n) is 5.73. The fourth-order valence-corrected chi connectivity index (χ4v) is 7.99. The molecule has 7 heteroatoms. The fourth-order valence-electron chi connectivity index (χ4n) is 4.06. The first-order chi connectivity index (χ1) is 16.5.